The molecule has 0 bridgehead atoms. The van der Waals surface area contributed by atoms with Gasteiger partial charge >= 0.3 is 0 Å². The number of hydrogen-bond acceptors (Lipinski definition) is 1. The summed E-state index contributed by atoms with van der Waals surface area (Å²) in [6.45, 7) is 11.8. The minimum Gasteiger partial charge on any atom is -0.378 e. The third-order valence-corrected chi connectivity index (χ3v) is 1.81. The first-order valence-corrected chi connectivity index (χ1v) is 4.42. The van der Waals surface area contributed by atoms with E-state index in [2.05, 4.69) is 11.8 Å². The quantitative estimate of drug-likeness (QED) is 0.596. The van der Waals surface area contributed by atoms with Crippen LogP contribution < -0.4 is 0 Å². The first kappa shape index (κ1) is 11.5. The predicted octanol–water partition coefficient (Wildman–Crippen LogP) is 2.44. The third-order valence-electron chi connectivity index (χ3n) is 1.81. The highest BCUT2D eigenvalue weighted by Crippen LogP contribution is 2.17. The zero-order chi connectivity index (χ0) is 9.99. The van der Waals surface area contributed by atoms with E-state index in [0.29, 0.717) is 0 Å². The normalized spacial score (nSPS) is 16.7. The maximum atomic E-state index is 9.78. The molecule has 0 spiro atoms. The van der Waals surface area contributed by atoms with Crippen molar-refractivity contribution in [1.82, 2.24) is 0 Å². The van der Waals surface area contributed by atoms with Crippen molar-refractivity contribution < 1.29 is 5.11 Å². The fraction of sp³-hybridized carbons (Fsp3) is 0.818. The van der Waals surface area contributed by atoms with E-state index in [4.69, 9.17) is 0 Å². The van der Waals surface area contributed by atoms with Gasteiger partial charge in [0, 0.05) is 5.41 Å². The Morgan fingerprint density at radius 1 is 1.00 bits per heavy atom. The van der Waals surface area contributed by atoms with Crippen LogP contribution in [0.4, 0.5) is 0 Å². The van der Waals surface area contributed by atoms with E-state index in [-0.39, 0.29) is 11.3 Å². The summed E-state index contributed by atoms with van der Waals surface area (Å²) in [5.41, 5.74) is -0.883. The molecule has 1 nitrogen and oxygen atoms in total. The molecule has 0 aliphatic carbocycles. The Kier molecular flexibility index (Phi) is 3.35. The fourth-order valence-electron chi connectivity index (χ4n) is 0.458. The van der Waals surface area contributed by atoms with Crippen molar-refractivity contribution in [2.24, 2.45) is 11.3 Å². The van der Waals surface area contributed by atoms with Crippen LogP contribution in [0, 0.1) is 23.2 Å². The molecular formula is C11H20O. The summed E-state index contributed by atoms with van der Waals surface area (Å²) in [5, 5.41) is 9.78. The molecule has 0 saturated heterocycles. The second-order valence-electron chi connectivity index (χ2n) is 4.80. The highest BCUT2D eigenvalue weighted by Gasteiger charge is 2.22. The average molecular weight is 168 g/mol. The average Bonchev–Trinajstić information content (AvgIpc) is 1.82. The van der Waals surface area contributed by atoms with E-state index in [1.807, 2.05) is 34.6 Å². The molecule has 0 aliphatic rings. The highest BCUT2D eigenvalue weighted by molar-refractivity contribution is 5.17. The molecule has 1 N–H and O–H groups in total. The van der Waals surface area contributed by atoms with Gasteiger partial charge in [0.15, 0.2) is 0 Å². The number of aliphatic hydroxyl groups is 1. The van der Waals surface area contributed by atoms with Crippen LogP contribution in [0.2, 0.25) is 0 Å². The Morgan fingerprint density at radius 3 is 1.67 bits per heavy atom. The van der Waals surface area contributed by atoms with Crippen LogP contribution in [-0.4, -0.2) is 10.7 Å². The molecule has 0 aliphatic heterocycles. The van der Waals surface area contributed by atoms with Crippen LogP contribution in [0.1, 0.15) is 41.5 Å². The minimum absolute atomic E-state index is 0.0289. The molecule has 0 saturated carbocycles. The van der Waals surface area contributed by atoms with Crippen LogP contribution in [0.15, 0.2) is 0 Å². The van der Waals surface area contributed by atoms with E-state index in [9.17, 15) is 5.11 Å². The predicted molar refractivity (Wildman–Crippen MR) is 52.7 cm³/mol. The van der Waals surface area contributed by atoms with E-state index >= 15 is 0 Å². The maximum Gasteiger partial charge on any atom is 0.125 e. The van der Waals surface area contributed by atoms with Gasteiger partial charge in [-0.15, -0.1) is 0 Å². The zero-order valence-corrected chi connectivity index (χ0v) is 9.02. The van der Waals surface area contributed by atoms with Gasteiger partial charge < -0.3 is 5.11 Å². The van der Waals surface area contributed by atoms with Gasteiger partial charge in [-0.3, -0.25) is 0 Å². The van der Waals surface area contributed by atoms with Gasteiger partial charge in [-0.1, -0.05) is 25.7 Å². The lowest BCUT2D eigenvalue weighted by atomic mass is 9.90. The summed E-state index contributed by atoms with van der Waals surface area (Å²) < 4.78 is 0. The number of rotatable bonds is 1. The van der Waals surface area contributed by atoms with Crippen LogP contribution in [0.3, 0.4) is 0 Å². The largest absolute Gasteiger partial charge is 0.378 e. The second-order valence-corrected chi connectivity index (χ2v) is 4.80. The van der Waals surface area contributed by atoms with Crippen molar-refractivity contribution in [3.05, 3.63) is 0 Å². The van der Waals surface area contributed by atoms with Gasteiger partial charge in [0.25, 0.3) is 0 Å². The first-order chi connectivity index (χ1) is 5.15. The smallest absolute Gasteiger partial charge is 0.125 e. The minimum atomic E-state index is -0.854. The van der Waals surface area contributed by atoms with Gasteiger partial charge in [0.2, 0.25) is 0 Å². The zero-order valence-electron chi connectivity index (χ0n) is 9.02. The van der Waals surface area contributed by atoms with Gasteiger partial charge in [0.05, 0.1) is 0 Å². The molecule has 0 aromatic heterocycles. The molecule has 0 fully saturated rings. The van der Waals surface area contributed by atoms with E-state index in [1.165, 1.54) is 0 Å². The van der Waals surface area contributed by atoms with Gasteiger partial charge in [-0.25, -0.2) is 0 Å². The molecule has 0 aromatic rings. The lowest BCUT2D eigenvalue weighted by Crippen LogP contribution is -2.29. The molecular weight excluding hydrogens is 148 g/mol. The van der Waals surface area contributed by atoms with Crippen molar-refractivity contribution in [3.63, 3.8) is 0 Å². The SMILES string of the molecule is CC(C)[C@@](C)(O)C#CC(C)(C)C. The van der Waals surface area contributed by atoms with Crippen molar-refractivity contribution >= 4 is 0 Å². The molecule has 0 rings (SSSR count). The molecule has 12 heavy (non-hydrogen) atoms. The van der Waals surface area contributed by atoms with Crippen molar-refractivity contribution in [2.45, 2.75) is 47.1 Å². The summed E-state index contributed by atoms with van der Waals surface area (Å²) in [4.78, 5) is 0. The Labute approximate surface area is 76.2 Å². The van der Waals surface area contributed by atoms with Gasteiger partial charge in [-0.2, -0.15) is 0 Å². The van der Waals surface area contributed by atoms with Crippen molar-refractivity contribution in [3.8, 4) is 11.8 Å². The summed E-state index contributed by atoms with van der Waals surface area (Å²) >= 11 is 0. The van der Waals surface area contributed by atoms with E-state index < -0.39 is 5.60 Å². The van der Waals surface area contributed by atoms with Crippen LogP contribution >= 0.6 is 0 Å². The number of hydrogen-bond donors (Lipinski definition) is 1. The summed E-state index contributed by atoms with van der Waals surface area (Å²) in [6.07, 6.45) is 0. The maximum absolute atomic E-state index is 9.78. The lowest BCUT2D eigenvalue weighted by Gasteiger charge is -2.21. The first-order valence-electron chi connectivity index (χ1n) is 4.42. The fourth-order valence-corrected chi connectivity index (χ4v) is 0.458. The Morgan fingerprint density at radius 2 is 1.42 bits per heavy atom. The van der Waals surface area contributed by atoms with Gasteiger partial charge in [-0.05, 0) is 33.6 Å². The van der Waals surface area contributed by atoms with Crippen molar-refractivity contribution in [2.75, 3.05) is 0 Å². The summed E-state index contributed by atoms with van der Waals surface area (Å²) in [7, 11) is 0. The molecule has 0 unspecified atom stereocenters. The third kappa shape index (κ3) is 4.41. The van der Waals surface area contributed by atoms with E-state index in [0.717, 1.165) is 0 Å². The lowest BCUT2D eigenvalue weighted by molar-refractivity contribution is 0.0723. The molecule has 0 amide bonds. The van der Waals surface area contributed by atoms with Crippen LogP contribution in [-0.2, 0) is 0 Å². The van der Waals surface area contributed by atoms with Crippen LogP contribution in [0.25, 0.3) is 0 Å². The van der Waals surface area contributed by atoms with Gasteiger partial charge in [0.1, 0.15) is 5.60 Å². The Bertz CT molecular complexity index is 195. The molecule has 1 atom stereocenters. The summed E-state index contributed by atoms with van der Waals surface area (Å²) in [6, 6.07) is 0. The van der Waals surface area contributed by atoms with Crippen LogP contribution in [0.5, 0.6) is 0 Å². The molecule has 1 heteroatoms. The highest BCUT2D eigenvalue weighted by atomic mass is 16.3. The standard InChI is InChI=1S/C11H20O/c1-9(2)11(6,12)8-7-10(3,4)5/h9,12H,1-6H3/t11-/m0/s1. The Balaban J connectivity index is 4.50. The van der Waals surface area contributed by atoms with Crippen molar-refractivity contribution in [1.29, 1.82) is 0 Å². The Hall–Kier alpha value is -0.480. The molecule has 0 heterocycles. The second kappa shape index (κ2) is 3.49. The summed E-state index contributed by atoms with van der Waals surface area (Å²) in [5.74, 6) is 6.12. The van der Waals surface area contributed by atoms with E-state index in [1.54, 1.807) is 6.92 Å². The molecule has 0 radical (unpaired) electrons. The molecule has 0 aromatic carbocycles. The molecule has 70 valence electrons. The topological polar surface area (TPSA) is 20.2 Å². The monoisotopic (exact) mass is 168 g/mol.